The van der Waals surface area contributed by atoms with Crippen LogP contribution >= 0.6 is 21.6 Å². The molecule has 16 amide bonds. The summed E-state index contributed by atoms with van der Waals surface area (Å²) >= 11 is 0. The van der Waals surface area contributed by atoms with Crippen LogP contribution in [-0.2, 0) is 92.3 Å². The van der Waals surface area contributed by atoms with Gasteiger partial charge in [0.15, 0.2) is 5.96 Å². The number of carbonyl (C=O) groups excluding carboxylic acids is 16. The smallest absolute Gasteiger partial charge is 0.303 e. The number of nitrogens with two attached hydrogens (primary N) is 3. The Morgan fingerprint density at radius 3 is 1.41 bits per heavy atom. The van der Waals surface area contributed by atoms with Crippen LogP contribution in [0.2, 0.25) is 0 Å². The van der Waals surface area contributed by atoms with Gasteiger partial charge in [-0.1, -0.05) is 63.1 Å². The lowest BCUT2D eigenvalue weighted by Gasteiger charge is -2.31. The van der Waals surface area contributed by atoms with E-state index in [2.05, 4.69) is 79.4 Å². The maximum absolute atomic E-state index is 14.9. The Balaban J connectivity index is 2.40. The molecule has 0 spiro atoms. The molecule has 23 N–H and O–H groups in total. The van der Waals surface area contributed by atoms with Crippen molar-refractivity contribution in [3.63, 3.8) is 0 Å². The molecule has 596 valence electrons. The van der Waals surface area contributed by atoms with Gasteiger partial charge in [0.2, 0.25) is 94.5 Å². The average molecular weight is 1560 g/mol. The molecule has 43 heteroatoms. The summed E-state index contributed by atoms with van der Waals surface area (Å²) in [6.07, 6.45) is -5.31. The standard InChI is InChI=1S/C63H105N19O21S3/c1-29(2)20-37-51(91)68-24-45(86)71-40(22-31(5)6)62(102)82-18-11-13-43(82)59(99)81-50(33(8)84)61(101)78-38(21-30(3)4)52(92)69-25-46(87)72-41-27-104-105-28-42(58(98)76-37)79-54(94)34(12-10-17-67-63(65)66)73-55(95)35(14-15-48(89)90)75-60(100)49(32(7)83)80-47(88)26-70-53(93)39(23-44(64)85)77-56(96)36(74-57(41)97)16-19-106(9)103/h29-43,49-50,83-84H,10-28H2,1-9H3,(H2,64,85)(H,68,91)(H,69,92)(H,70,93)(H,71,86)(H,72,87)(H,73,95)(H,74,97)(H,75,100)(H,76,98)(H,77,96)(H,78,101)(H,79,94)(H,80,88)(H,81,99)(H,89,90)(H4,65,66,67)/t32-,33-,34+,35+,36+,37+,38+,39+,40+,41+,42+,43+,49+,50-,106-/m1/s1. The summed E-state index contributed by atoms with van der Waals surface area (Å²) in [5.41, 5.74) is 16.6. The Morgan fingerprint density at radius 2 is 0.915 bits per heavy atom. The number of nitrogens with one attached hydrogen (secondary N) is 14. The van der Waals surface area contributed by atoms with E-state index in [1.54, 1.807) is 41.5 Å². The second kappa shape index (κ2) is 45.5. The Morgan fingerprint density at radius 1 is 0.500 bits per heavy atom. The monoisotopic (exact) mass is 1560 g/mol. The Kier molecular flexibility index (Phi) is 39.2. The van der Waals surface area contributed by atoms with Crippen molar-refractivity contribution in [1.29, 1.82) is 0 Å². The number of nitrogens with zero attached hydrogens (tertiary/aromatic N) is 2. The summed E-state index contributed by atoms with van der Waals surface area (Å²) in [6, 6.07) is -20.0. The number of hydrogen-bond acceptors (Lipinski definition) is 23. The summed E-state index contributed by atoms with van der Waals surface area (Å²) in [5, 5.41) is 65.2. The van der Waals surface area contributed by atoms with Gasteiger partial charge in [-0.05, 0) is 89.4 Å². The lowest BCUT2D eigenvalue weighted by molar-refractivity contribution is -0.143. The molecule has 0 radical (unpaired) electrons. The first-order valence-corrected chi connectivity index (χ1v) is 38.8. The Bertz CT molecular complexity index is 3220. The minimum absolute atomic E-state index is 0.0218. The van der Waals surface area contributed by atoms with Gasteiger partial charge < -0.3 is 112 Å². The van der Waals surface area contributed by atoms with Crippen molar-refractivity contribution < 1.29 is 101 Å². The molecule has 3 heterocycles. The third kappa shape index (κ3) is 32.8. The number of fused-ring (bicyclic) bond motifs is 6. The van der Waals surface area contributed by atoms with Crippen molar-refractivity contribution >= 4 is 139 Å². The summed E-state index contributed by atoms with van der Waals surface area (Å²) < 4.78 is 12.6. The number of aliphatic hydroxyl groups is 2. The molecule has 3 aliphatic rings. The van der Waals surface area contributed by atoms with E-state index >= 15 is 0 Å². The van der Waals surface area contributed by atoms with Crippen LogP contribution in [0.15, 0.2) is 4.99 Å². The van der Waals surface area contributed by atoms with Gasteiger partial charge in [0, 0.05) is 53.8 Å². The average Bonchev–Trinajstić information content (AvgIpc) is 1.69. The summed E-state index contributed by atoms with van der Waals surface area (Å²) in [7, 11) is -0.190. The highest BCUT2D eigenvalue weighted by Gasteiger charge is 2.42. The number of hydrogen-bond donors (Lipinski definition) is 20. The van der Waals surface area contributed by atoms with Gasteiger partial charge in [0.25, 0.3) is 0 Å². The number of carboxylic acids is 1. The zero-order chi connectivity index (χ0) is 79.8. The predicted octanol–water partition coefficient (Wildman–Crippen LogP) is -8.47. The largest absolute Gasteiger partial charge is 0.481 e. The molecular weight excluding hydrogens is 1460 g/mol. The molecule has 0 aromatic heterocycles. The Hall–Kier alpha value is -8.97. The van der Waals surface area contributed by atoms with Crippen LogP contribution in [0.3, 0.4) is 0 Å². The van der Waals surface area contributed by atoms with E-state index in [9.17, 15) is 101 Å². The lowest BCUT2D eigenvalue weighted by Crippen LogP contribution is -2.61. The van der Waals surface area contributed by atoms with Crippen LogP contribution in [0.5, 0.6) is 0 Å². The van der Waals surface area contributed by atoms with Crippen molar-refractivity contribution in [3.05, 3.63) is 0 Å². The molecule has 3 rings (SSSR count). The first kappa shape index (κ1) is 91.2. The number of rotatable bonds is 20. The van der Waals surface area contributed by atoms with E-state index in [1.807, 2.05) is 0 Å². The number of guanidine groups is 1. The summed E-state index contributed by atoms with van der Waals surface area (Å²) in [4.78, 5) is 243. The molecule has 0 aliphatic carbocycles. The third-order valence-electron chi connectivity index (χ3n) is 16.3. The SMILES string of the molecule is CC(C)C[C@@H]1NC(=O)[C@@H]2CSSC[C@H](NC(=O)CNC(=O)[C@H](CC(C)C)NC(=O)[C@@H]([C@@H](C)O)NC(=O)[C@@H]3CCCN3C(=O)[C@H](CC(C)C)NC(=O)CNC1=O)C(=O)N[C@@H](CC[S@@](C)=O)C(=O)N[C@@H](CC(N)=O)C(=O)NCC(=O)N[C@@H]([C@@H](C)O)C(=O)N[C@@H](CCC(=O)O)C(=O)N[C@@H](CCCN=C(N)N)C(=O)N2. The van der Waals surface area contributed by atoms with E-state index in [0.717, 1.165) is 28.5 Å². The highest BCUT2D eigenvalue weighted by molar-refractivity contribution is 8.76. The van der Waals surface area contributed by atoms with Crippen molar-refractivity contribution in [2.24, 2.45) is 39.9 Å². The Labute approximate surface area is 623 Å². The van der Waals surface area contributed by atoms with Crippen LogP contribution in [0.25, 0.3) is 0 Å². The van der Waals surface area contributed by atoms with Crippen LogP contribution in [0, 0.1) is 17.8 Å². The van der Waals surface area contributed by atoms with Crippen molar-refractivity contribution in [2.75, 3.05) is 56.2 Å². The zero-order valence-electron chi connectivity index (χ0n) is 60.8. The summed E-state index contributed by atoms with van der Waals surface area (Å²) in [6.45, 7) is 9.61. The van der Waals surface area contributed by atoms with E-state index in [-0.39, 0.29) is 81.1 Å². The highest BCUT2D eigenvalue weighted by Crippen LogP contribution is 2.25. The number of aliphatic hydroxyl groups excluding tert-OH is 2. The van der Waals surface area contributed by atoms with Gasteiger partial charge in [-0.25, -0.2) is 0 Å². The molecule has 3 saturated heterocycles. The zero-order valence-corrected chi connectivity index (χ0v) is 63.2. The fourth-order valence-corrected chi connectivity index (χ4v) is 13.9. The predicted molar refractivity (Wildman–Crippen MR) is 386 cm³/mol. The van der Waals surface area contributed by atoms with Crippen molar-refractivity contribution in [2.45, 2.75) is 211 Å². The fourth-order valence-electron chi connectivity index (χ4n) is 11.0. The minimum atomic E-state index is -1.97. The van der Waals surface area contributed by atoms with Gasteiger partial charge in [-0.2, -0.15) is 0 Å². The van der Waals surface area contributed by atoms with Crippen LogP contribution < -0.4 is 91.6 Å². The normalized spacial score (nSPS) is 26.9. The maximum atomic E-state index is 14.9. The van der Waals surface area contributed by atoms with Gasteiger partial charge in [-0.3, -0.25) is 90.7 Å². The molecule has 0 aromatic rings. The van der Waals surface area contributed by atoms with Gasteiger partial charge in [-0.15, -0.1) is 0 Å². The molecule has 106 heavy (non-hydrogen) atoms. The van der Waals surface area contributed by atoms with Gasteiger partial charge in [0.1, 0.15) is 72.5 Å². The molecule has 3 aliphatic heterocycles. The number of aliphatic imine (C=N–C) groups is 1. The van der Waals surface area contributed by atoms with Gasteiger partial charge >= 0.3 is 5.97 Å². The van der Waals surface area contributed by atoms with Crippen molar-refractivity contribution in [3.8, 4) is 0 Å². The lowest BCUT2D eigenvalue weighted by atomic mass is 10.0. The number of amides is 16. The number of carbonyl (C=O) groups is 17. The minimum Gasteiger partial charge on any atom is -0.481 e. The third-order valence-corrected chi connectivity index (χ3v) is 19.6. The quantitative estimate of drug-likeness (QED) is 0.0233. The molecule has 0 saturated carbocycles. The maximum Gasteiger partial charge on any atom is 0.303 e. The van der Waals surface area contributed by atoms with E-state index in [4.69, 9.17) is 17.2 Å². The molecular formula is C63H105N19O21S3. The second-order valence-electron chi connectivity index (χ2n) is 27.1. The molecule has 3 fully saturated rings. The second-order valence-corrected chi connectivity index (χ2v) is 31.2. The fraction of sp³-hybridized carbons (Fsp3) is 0.714. The van der Waals surface area contributed by atoms with E-state index in [1.165, 1.54) is 18.1 Å². The number of carboxylic acid groups (broad SMARTS) is 1. The highest BCUT2D eigenvalue weighted by atomic mass is 33.1. The van der Waals surface area contributed by atoms with E-state index in [0.29, 0.717) is 6.42 Å². The molecule has 15 atom stereocenters. The summed E-state index contributed by atoms with van der Waals surface area (Å²) in [5.74, 6) is -21.5. The molecule has 2 bridgehead atoms. The number of primary amides is 1. The molecule has 0 unspecified atom stereocenters. The first-order valence-electron chi connectivity index (χ1n) is 34.6. The van der Waals surface area contributed by atoms with Crippen LogP contribution in [0.1, 0.15) is 126 Å². The molecule has 40 nitrogen and oxygen atoms in total. The van der Waals surface area contributed by atoms with Crippen LogP contribution in [-0.4, -0.2) is 272 Å². The van der Waals surface area contributed by atoms with Crippen LogP contribution in [0.4, 0.5) is 0 Å². The van der Waals surface area contributed by atoms with Crippen molar-refractivity contribution in [1.82, 2.24) is 79.3 Å². The number of aliphatic carboxylic acids is 1. The van der Waals surface area contributed by atoms with E-state index < -0.39 is 253 Å². The topological polar surface area (TPSA) is 630 Å². The molecule has 0 aromatic carbocycles. The first-order chi connectivity index (χ1) is 49.7. The van der Waals surface area contributed by atoms with Gasteiger partial charge in [0.05, 0.1) is 38.3 Å².